The van der Waals surface area contributed by atoms with Gasteiger partial charge in [-0.05, 0) is 13.8 Å². The van der Waals surface area contributed by atoms with Gasteiger partial charge in [-0.25, -0.2) is 4.39 Å². The first-order valence-corrected chi connectivity index (χ1v) is 4.15. The minimum absolute atomic E-state index is 0.0146. The maximum absolute atomic E-state index is 12.1. The van der Waals surface area contributed by atoms with Gasteiger partial charge in [0.2, 0.25) is 11.8 Å². The predicted octanol–water partition coefficient (Wildman–Crippen LogP) is -0.307. The molecular formula is C8H13FN2O2. The van der Waals surface area contributed by atoms with Crippen LogP contribution in [-0.2, 0) is 9.59 Å². The third-order valence-electron chi connectivity index (χ3n) is 2.24. The smallest absolute Gasteiger partial charge is 0.245 e. The van der Waals surface area contributed by atoms with Crippen LogP contribution in [0.15, 0.2) is 0 Å². The maximum atomic E-state index is 12.1. The Labute approximate surface area is 76.1 Å². The largest absolute Gasteiger partial charge is 0.345 e. The SMILES string of the molecule is CC1(C)C(=O)NCC(=O)N1CCF. The fourth-order valence-corrected chi connectivity index (χ4v) is 1.39. The standard InChI is InChI=1S/C8H13FN2O2/c1-8(2)7(13)10-5-6(12)11(8)4-3-9/h3-5H2,1-2H3,(H,10,13). The van der Waals surface area contributed by atoms with Crippen LogP contribution in [-0.4, -0.2) is 42.0 Å². The van der Waals surface area contributed by atoms with Crippen molar-refractivity contribution in [3.8, 4) is 0 Å². The van der Waals surface area contributed by atoms with Gasteiger partial charge in [0, 0.05) is 0 Å². The molecular weight excluding hydrogens is 175 g/mol. The minimum Gasteiger partial charge on any atom is -0.345 e. The van der Waals surface area contributed by atoms with Crippen LogP contribution in [0, 0.1) is 0 Å². The van der Waals surface area contributed by atoms with Gasteiger partial charge in [0.15, 0.2) is 0 Å². The molecule has 1 rings (SSSR count). The summed E-state index contributed by atoms with van der Waals surface area (Å²) in [4.78, 5) is 23.9. The van der Waals surface area contributed by atoms with Crippen molar-refractivity contribution in [1.29, 1.82) is 0 Å². The fraction of sp³-hybridized carbons (Fsp3) is 0.750. The molecule has 1 N–H and O–H groups in total. The van der Waals surface area contributed by atoms with E-state index in [1.807, 2.05) is 0 Å². The van der Waals surface area contributed by atoms with Crippen molar-refractivity contribution in [2.75, 3.05) is 19.8 Å². The third kappa shape index (κ3) is 1.64. The van der Waals surface area contributed by atoms with Crippen LogP contribution in [0.4, 0.5) is 4.39 Å². The van der Waals surface area contributed by atoms with Crippen LogP contribution in [0.25, 0.3) is 0 Å². The van der Waals surface area contributed by atoms with E-state index in [0.29, 0.717) is 0 Å². The highest BCUT2D eigenvalue weighted by Gasteiger charge is 2.41. The topological polar surface area (TPSA) is 49.4 Å². The molecule has 0 aromatic heterocycles. The van der Waals surface area contributed by atoms with Crippen molar-refractivity contribution in [2.45, 2.75) is 19.4 Å². The Balaban J connectivity index is 2.85. The summed E-state index contributed by atoms with van der Waals surface area (Å²) in [5, 5.41) is 2.46. The summed E-state index contributed by atoms with van der Waals surface area (Å²) in [7, 11) is 0. The zero-order chi connectivity index (χ0) is 10.1. The second-order valence-corrected chi connectivity index (χ2v) is 3.48. The first kappa shape index (κ1) is 9.95. The predicted molar refractivity (Wildman–Crippen MR) is 44.8 cm³/mol. The van der Waals surface area contributed by atoms with E-state index in [1.54, 1.807) is 13.8 Å². The lowest BCUT2D eigenvalue weighted by Crippen LogP contribution is -2.64. The molecule has 0 radical (unpaired) electrons. The van der Waals surface area contributed by atoms with E-state index in [4.69, 9.17) is 0 Å². The molecule has 0 bridgehead atoms. The Morgan fingerprint density at radius 1 is 1.54 bits per heavy atom. The molecule has 1 heterocycles. The summed E-state index contributed by atoms with van der Waals surface area (Å²) >= 11 is 0. The maximum Gasteiger partial charge on any atom is 0.245 e. The van der Waals surface area contributed by atoms with E-state index in [9.17, 15) is 14.0 Å². The molecule has 0 aliphatic carbocycles. The second kappa shape index (κ2) is 3.32. The Morgan fingerprint density at radius 2 is 2.15 bits per heavy atom. The van der Waals surface area contributed by atoms with Crippen molar-refractivity contribution in [3.63, 3.8) is 0 Å². The minimum atomic E-state index is -0.929. The number of hydrogen-bond donors (Lipinski definition) is 1. The van der Waals surface area contributed by atoms with E-state index in [2.05, 4.69) is 5.32 Å². The van der Waals surface area contributed by atoms with Crippen LogP contribution in [0.5, 0.6) is 0 Å². The third-order valence-corrected chi connectivity index (χ3v) is 2.24. The van der Waals surface area contributed by atoms with Crippen molar-refractivity contribution < 1.29 is 14.0 Å². The normalized spacial score (nSPS) is 21.6. The van der Waals surface area contributed by atoms with Gasteiger partial charge in [0.05, 0.1) is 13.1 Å². The Hall–Kier alpha value is -1.13. The Morgan fingerprint density at radius 3 is 2.69 bits per heavy atom. The molecule has 1 aliphatic rings. The van der Waals surface area contributed by atoms with Crippen LogP contribution in [0.1, 0.15) is 13.8 Å². The summed E-state index contributed by atoms with van der Waals surface area (Å²) < 4.78 is 12.1. The molecule has 1 fully saturated rings. The molecule has 4 nitrogen and oxygen atoms in total. The van der Waals surface area contributed by atoms with Crippen molar-refractivity contribution in [3.05, 3.63) is 0 Å². The number of nitrogens with zero attached hydrogens (tertiary/aromatic N) is 1. The number of alkyl halides is 1. The lowest BCUT2D eigenvalue weighted by atomic mass is 9.99. The summed E-state index contributed by atoms with van der Waals surface area (Å²) in [6, 6.07) is 0. The van der Waals surface area contributed by atoms with Crippen LogP contribution < -0.4 is 5.32 Å². The highest BCUT2D eigenvalue weighted by atomic mass is 19.1. The van der Waals surface area contributed by atoms with Crippen LogP contribution in [0.2, 0.25) is 0 Å². The fourth-order valence-electron chi connectivity index (χ4n) is 1.39. The van der Waals surface area contributed by atoms with Gasteiger partial charge in [-0.2, -0.15) is 0 Å². The van der Waals surface area contributed by atoms with Gasteiger partial charge < -0.3 is 10.2 Å². The monoisotopic (exact) mass is 188 g/mol. The molecule has 2 amide bonds. The van der Waals surface area contributed by atoms with Gasteiger partial charge in [-0.1, -0.05) is 0 Å². The first-order chi connectivity index (χ1) is 6.00. The van der Waals surface area contributed by atoms with E-state index in [0.717, 1.165) is 0 Å². The van der Waals surface area contributed by atoms with Crippen molar-refractivity contribution in [1.82, 2.24) is 10.2 Å². The zero-order valence-electron chi connectivity index (χ0n) is 7.76. The molecule has 5 heteroatoms. The van der Waals surface area contributed by atoms with Crippen molar-refractivity contribution >= 4 is 11.8 Å². The molecule has 0 aromatic rings. The molecule has 0 unspecified atom stereocenters. The molecule has 0 aromatic carbocycles. The highest BCUT2D eigenvalue weighted by molar-refractivity contribution is 5.97. The average Bonchev–Trinajstić information content (AvgIpc) is 2.06. The lowest BCUT2D eigenvalue weighted by molar-refractivity contribution is -0.151. The number of amides is 2. The number of piperazine rings is 1. The highest BCUT2D eigenvalue weighted by Crippen LogP contribution is 2.17. The number of carbonyl (C=O) groups excluding carboxylic acids is 2. The number of halogens is 1. The summed E-state index contributed by atoms with van der Waals surface area (Å²) in [6.45, 7) is 2.55. The van der Waals surface area contributed by atoms with Crippen molar-refractivity contribution in [2.24, 2.45) is 0 Å². The summed E-state index contributed by atoms with van der Waals surface area (Å²) in [5.41, 5.74) is -0.929. The summed E-state index contributed by atoms with van der Waals surface area (Å²) in [5.74, 6) is -0.470. The number of rotatable bonds is 2. The molecule has 74 valence electrons. The first-order valence-electron chi connectivity index (χ1n) is 4.15. The number of carbonyl (C=O) groups is 2. The van der Waals surface area contributed by atoms with Gasteiger partial charge in [0.1, 0.15) is 12.2 Å². The second-order valence-electron chi connectivity index (χ2n) is 3.48. The number of hydrogen-bond acceptors (Lipinski definition) is 2. The van der Waals surface area contributed by atoms with E-state index < -0.39 is 12.2 Å². The molecule has 1 saturated heterocycles. The Kier molecular flexibility index (Phi) is 2.54. The van der Waals surface area contributed by atoms with Gasteiger partial charge in [-0.15, -0.1) is 0 Å². The molecule has 13 heavy (non-hydrogen) atoms. The van der Waals surface area contributed by atoms with E-state index in [1.165, 1.54) is 4.90 Å². The van der Waals surface area contributed by atoms with Crippen LogP contribution >= 0.6 is 0 Å². The molecule has 0 spiro atoms. The number of nitrogens with one attached hydrogen (secondary N) is 1. The van der Waals surface area contributed by atoms with E-state index >= 15 is 0 Å². The molecule has 0 saturated carbocycles. The summed E-state index contributed by atoms with van der Waals surface area (Å²) in [6.07, 6.45) is 0. The van der Waals surface area contributed by atoms with Gasteiger partial charge >= 0.3 is 0 Å². The van der Waals surface area contributed by atoms with E-state index in [-0.39, 0.29) is 24.9 Å². The average molecular weight is 188 g/mol. The zero-order valence-corrected chi connectivity index (χ0v) is 7.76. The quantitative estimate of drug-likeness (QED) is 0.646. The van der Waals surface area contributed by atoms with Gasteiger partial charge in [-0.3, -0.25) is 9.59 Å². The lowest BCUT2D eigenvalue weighted by Gasteiger charge is -2.40. The molecule has 0 atom stereocenters. The van der Waals surface area contributed by atoms with Gasteiger partial charge in [0.25, 0.3) is 0 Å². The molecule has 1 aliphatic heterocycles. The van der Waals surface area contributed by atoms with Crippen LogP contribution in [0.3, 0.4) is 0 Å². The Bertz CT molecular complexity index is 240.